The Kier molecular flexibility index (Phi) is 3.74. The van der Waals surface area contributed by atoms with Gasteiger partial charge in [0, 0.05) is 0 Å². The van der Waals surface area contributed by atoms with Crippen LogP contribution in [0.25, 0.3) is 0 Å². The molecule has 0 aliphatic rings. The molecular formula is C11H15N3O4S. The Hall–Kier alpha value is -1.64. The van der Waals surface area contributed by atoms with E-state index in [2.05, 4.69) is 14.9 Å². The van der Waals surface area contributed by atoms with Crippen LogP contribution >= 0.6 is 0 Å². The first-order valence-corrected chi connectivity index (χ1v) is 7.12. The van der Waals surface area contributed by atoms with Crippen molar-refractivity contribution in [1.82, 2.24) is 14.9 Å². The standard InChI is InChI=1S/C11H15N3O4S/c1-7-3-4-9(18-7)5-12-19(16,17)11-8(2)13-14-10(11)6-15/h3-4,12,15H,5-6H2,1-2H3,(H,13,14). The average molecular weight is 285 g/mol. The number of H-pyrrole nitrogens is 1. The number of aromatic amines is 1. The van der Waals surface area contributed by atoms with E-state index in [0.717, 1.165) is 0 Å². The first kappa shape index (κ1) is 13.8. The molecule has 0 aliphatic carbocycles. The van der Waals surface area contributed by atoms with Crippen molar-refractivity contribution in [2.45, 2.75) is 31.9 Å². The minimum atomic E-state index is -3.74. The molecule has 8 heteroatoms. The van der Waals surface area contributed by atoms with Crippen LogP contribution in [0.1, 0.15) is 22.9 Å². The summed E-state index contributed by atoms with van der Waals surface area (Å²) in [4.78, 5) is -0.0155. The van der Waals surface area contributed by atoms with E-state index in [1.54, 1.807) is 26.0 Å². The monoisotopic (exact) mass is 285 g/mol. The Morgan fingerprint density at radius 3 is 2.74 bits per heavy atom. The topological polar surface area (TPSA) is 108 Å². The van der Waals surface area contributed by atoms with Crippen LogP contribution in [0.5, 0.6) is 0 Å². The first-order valence-electron chi connectivity index (χ1n) is 5.63. The van der Waals surface area contributed by atoms with Gasteiger partial charge in [-0.15, -0.1) is 0 Å². The van der Waals surface area contributed by atoms with E-state index < -0.39 is 16.6 Å². The molecule has 2 rings (SSSR count). The highest BCUT2D eigenvalue weighted by atomic mass is 32.2. The van der Waals surface area contributed by atoms with Gasteiger partial charge < -0.3 is 9.52 Å². The summed E-state index contributed by atoms with van der Waals surface area (Å²) in [5, 5.41) is 15.4. The molecule has 0 bridgehead atoms. The number of sulfonamides is 1. The number of aliphatic hydroxyl groups excluding tert-OH is 1. The highest BCUT2D eigenvalue weighted by molar-refractivity contribution is 7.89. The van der Waals surface area contributed by atoms with Crippen molar-refractivity contribution < 1.29 is 17.9 Å². The van der Waals surface area contributed by atoms with Crippen LogP contribution in [0.15, 0.2) is 21.4 Å². The highest BCUT2D eigenvalue weighted by Gasteiger charge is 2.23. The molecule has 2 aromatic rings. The van der Waals surface area contributed by atoms with Crippen molar-refractivity contribution in [3.05, 3.63) is 35.0 Å². The molecule has 7 nitrogen and oxygen atoms in total. The molecule has 0 radical (unpaired) electrons. The number of hydrogen-bond donors (Lipinski definition) is 3. The lowest BCUT2D eigenvalue weighted by Gasteiger charge is -2.05. The van der Waals surface area contributed by atoms with Crippen LogP contribution in [0, 0.1) is 13.8 Å². The maximum absolute atomic E-state index is 12.2. The summed E-state index contributed by atoms with van der Waals surface area (Å²) < 4.78 is 32.0. The molecule has 0 spiro atoms. The van der Waals surface area contributed by atoms with Gasteiger partial charge in [0.05, 0.1) is 18.8 Å². The fourth-order valence-corrected chi connectivity index (χ4v) is 3.10. The van der Waals surface area contributed by atoms with Crippen LogP contribution in [0.2, 0.25) is 0 Å². The second-order valence-electron chi connectivity index (χ2n) is 4.12. The smallest absolute Gasteiger partial charge is 0.244 e. The summed E-state index contributed by atoms with van der Waals surface area (Å²) in [7, 11) is -3.74. The van der Waals surface area contributed by atoms with Gasteiger partial charge >= 0.3 is 0 Å². The second-order valence-corrected chi connectivity index (χ2v) is 5.82. The minimum Gasteiger partial charge on any atom is -0.465 e. The lowest BCUT2D eigenvalue weighted by molar-refractivity contribution is 0.273. The van der Waals surface area contributed by atoms with Gasteiger partial charge in [0.25, 0.3) is 0 Å². The van der Waals surface area contributed by atoms with E-state index in [1.165, 1.54) is 0 Å². The quantitative estimate of drug-likeness (QED) is 0.745. The van der Waals surface area contributed by atoms with Crippen molar-refractivity contribution >= 4 is 10.0 Å². The third-order valence-electron chi connectivity index (χ3n) is 2.61. The number of rotatable bonds is 5. The number of aryl methyl sites for hydroxylation is 2. The summed E-state index contributed by atoms with van der Waals surface area (Å²) in [6.45, 7) is 2.96. The van der Waals surface area contributed by atoms with Gasteiger partial charge in [-0.05, 0) is 26.0 Å². The van der Waals surface area contributed by atoms with Crippen molar-refractivity contribution in [3.63, 3.8) is 0 Å². The lowest BCUT2D eigenvalue weighted by atomic mass is 10.4. The zero-order valence-corrected chi connectivity index (χ0v) is 11.4. The van der Waals surface area contributed by atoms with Gasteiger partial charge in [-0.3, -0.25) is 5.10 Å². The number of aromatic nitrogens is 2. The summed E-state index contributed by atoms with van der Waals surface area (Å²) in [6, 6.07) is 3.46. The largest absolute Gasteiger partial charge is 0.465 e. The zero-order valence-electron chi connectivity index (χ0n) is 10.6. The molecule has 0 atom stereocenters. The van der Waals surface area contributed by atoms with E-state index in [4.69, 9.17) is 9.52 Å². The van der Waals surface area contributed by atoms with Crippen LogP contribution in [0.3, 0.4) is 0 Å². The van der Waals surface area contributed by atoms with E-state index in [1.807, 2.05) is 0 Å². The molecule has 0 amide bonds. The van der Waals surface area contributed by atoms with Crippen molar-refractivity contribution in [2.75, 3.05) is 0 Å². The van der Waals surface area contributed by atoms with Gasteiger partial charge in [-0.2, -0.15) is 5.10 Å². The Morgan fingerprint density at radius 2 is 2.16 bits per heavy atom. The Bertz CT molecular complexity index is 672. The van der Waals surface area contributed by atoms with E-state index in [-0.39, 0.29) is 17.1 Å². The molecule has 0 fully saturated rings. The summed E-state index contributed by atoms with van der Waals surface area (Å²) in [5.41, 5.74) is 0.479. The average Bonchev–Trinajstić information content (AvgIpc) is 2.93. The number of aliphatic hydroxyl groups is 1. The Balaban J connectivity index is 2.20. The minimum absolute atomic E-state index is 0.0155. The van der Waals surface area contributed by atoms with Crippen LogP contribution in [-0.4, -0.2) is 23.7 Å². The fourth-order valence-electron chi connectivity index (χ4n) is 1.75. The number of nitrogens with zero attached hydrogens (tertiary/aromatic N) is 1. The van der Waals surface area contributed by atoms with Gasteiger partial charge in [-0.25, -0.2) is 13.1 Å². The molecule has 104 valence electrons. The van der Waals surface area contributed by atoms with E-state index in [9.17, 15) is 8.42 Å². The van der Waals surface area contributed by atoms with E-state index >= 15 is 0 Å². The predicted molar refractivity (Wildman–Crippen MR) is 66.7 cm³/mol. The zero-order chi connectivity index (χ0) is 14.0. The van der Waals surface area contributed by atoms with Crippen molar-refractivity contribution in [1.29, 1.82) is 0 Å². The van der Waals surface area contributed by atoms with Crippen LogP contribution in [0.4, 0.5) is 0 Å². The van der Waals surface area contributed by atoms with Crippen molar-refractivity contribution in [2.24, 2.45) is 0 Å². The molecule has 0 saturated carbocycles. The van der Waals surface area contributed by atoms with Crippen LogP contribution < -0.4 is 4.72 Å². The van der Waals surface area contributed by atoms with Crippen molar-refractivity contribution in [3.8, 4) is 0 Å². The fraction of sp³-hybridized carbons (Fsp3) is 0.364. The number of furan rings is 1. The molecule has 0 aromatic carbocycles. The van der Waals surface area contributed by atoms with Gasteiger partial charge in [0.1, 0.15) is 22.1 Å². The second kappa shape index (κ2) is 5.16. The summed E-state index contributed by atoms with van der Waals surface area (Å²) in [5.74, 6) is 1.23. The SMILES string of the molecule is Cc1ccc(CNS(=O)(=O)c2c(CO)n[nH]c2C)o1. The van der Waals surface area contributed by atoms with Gasteiger partial charge in [0.15, 0.2) is 0 Å². The third-order valence-corrected chi connectivity index (χ3v) is 4.22. The lowest BCUT2D eigenvalue weighted by Crippen LogP contribution is -2.24. The van der Waals surface area contributed by atoms with Crippen LogP contribution in [-0.2, 0) is 23.2 Å². The molecule has 0 aliphatic heterocycles. The normalized spacial score (nSPS) is 11.9. The Labute approximate surface area is 110 Å². The molecule has 2 aromatic heterocycles. The summed E-state index contributed by atoms with van der Waals surface area (Å²) >= 11 is 0. The van der Waals surface area contributed by atoms with Gasteiger partial charge in [0.2, 0.25) is 10.0 Å². The molecule has 0 unspecified atom stereocenters. The maximum Gasteiger partial charge on any atom is 0.244 e. The molecule has 19 heavy (non-hydrogen) atoms. The first-order chi connectivity index (χ1) is 8.94. The predicted octanol–water partition coefficient (Wildman–Crippen LogP) is 0.590. The number of hydrogen-bond acceptors (Lipinski definition) is 5. The van der Waals surface area contributed by atoms with E-state index in [0.29, 0.717) is 17.2 Å². The van der Waals surface area contributed by atoms with Gasteiger partial charge in [-0.1, -0.05) is 0 Å². The third kappa shape index (κ3) is 2.86. The molecular weight excluding hydrogens is 270 g/mol. The molecule has 3 N–H and O–H groups in total. The Morgan fingerprint density at radius 1 is 1.42 bits per heavy atom. The molecule has 0 saturated heterocycles. The highest BCUT2D eigenvalue weighted by Crippen LogP contribution is 2.18. The molecule has 2 heterocycles. The summed E-state index contributed by atoms with van der Waals surface area (Å²) in [6.07, 6.45) is 0. The number of nitrogens with one attached hydrogen (secondary N) is 2. The maximum atomic E-state index is 12.2.